The number of rotatable bonds is 2. The zero-order chi connectivity index (χ0) is 8.27. The van der Waals surface area contributed by atoms with Crippen molar-refractivity contribution in [3.8, 4) is 0 Å². The molecule has 11 heavy (non-hydrogen) atoms. The number of thioether (sulfide) groups is 1. The van der Waals surface area contributed by atoms with Crippen LogP contribution in [0.25, 0.3) is 0 Å². The highest BCUT2D eigenvalue weighted by atomic mass is 32.2. The minimum atomic E-state index is 0.0144. The summed E-state index contributed by atoms with van der Waals surface area (Å²) >= 11 is 1.50. The van der Waals surface area contributed by atoms with E-state index in [2.05, 4.69) is 9.97 Å². The number of aliphatic hydroxyl groups is 1. The van der Waals surface area contributed by atoms with Gasteiger partial charge in [0, 0.05) is 17.5 Å². The summed E-state index contributed by atoms with van der Waals surface area (Å²) in [6.07, 6.45) is 3.58. The first-order valence-corrected chi connectivity index (χ1v) is 4.47. The van der Waals surface area contributed by atoms with Crippen LogP contribution in [0, 0.1) is 6.92 Å². The first kappa shape index (κ1) is 8.49. The van der Waals surface area contributed by atoms with Crippen LogP contribution in [0.2, 0.25) is 0 Å². The SMILES string of the molecule is CSc1ncc(CO)c(C)n1. The van der Waals surface area contributed by atoms with Crippen molar-refractivity contribution in [3.63, 3.8) is 0 Å². The van der Waals surface area contributed by atoms with Gasteiger partial charge in [-0.25, -0.2) is 9.97 Å². The van der Waals surface area contributed by atoms with Gasteiger partial charge in [0.25, 0.3) is 0 Å². The van der Waals surface area contributed by atoms with E-state index in [0.29, 0.717) is 0 Å². The van der Waals surface area contributed by atoms with E-state index in [0.717, 1.165) is 16.4 Å². The Balaban J connectivity index is 2.99. The average Bonchev–Trinajstić information content (AvgIpc) is 2.04. The summed E-state index contributed by atoms with van der Waals surface area (Å²) in [5.41, 5.74) is 1.65. The molecule has 0 spiro atoms. The molecule has 0 saturated carbocycles. The summed E-state index contributed by atoms with van der Waals surface area (Å²) in [6, 6.07) is 0. The third-order valence-corrected chi connectivity index (χ3v) is 1.97. The van der Waals surface area contributed by atoms with Crippen LogP contribution >= 0.6 is 11.8 Å². The third-order valence-electron chi connectivity index (χ3n) is 1.41. The van der Waals surface area contributed by atoms with Crippen molar-refractivity contribution in [2.75, 3.05) is 6.26 Å². The molecule has 3 nitrogen and oxygen atoms in total. The van der Waals surface area contributed by atoms with E-state index in [-0.39, 0.29) is 6.61 Å². The smallest absolute Gasteiger partial charge is 0.187 e. The number of aliphatic hydroxyl groups excluding tert-OH is 1. The molecular formula is C7H10N2OS. The molecule has 0 unspecified atom stereocenters. The van der Waals surface area contributed by atoms with Gasteiger partial charge in [-0.05, 0) is 13.2 Å². The van der Waals surface area contributed by atoms with Gasteiger partial charge in [-0.15, -0.1) is 0 Å². The van der Waals surface area contributed by atoms with Gasteiger partial charge >= 0.3 is 0 Å². The number of hydrogen-bond acceptors (Lipinski definition) is 4. The predicted molar refractivity (Wildman–Crippen MR) is 44.5 cm³/mol. The summed E-state index contributed by atoms with van der Waals surface area (Å²) in [6.45, 7) is 1.88. The van der Waals surface area contributed by atoms with Crippen LogP contribution in [0.15, 0.2) is 11.4 Å². The Hall–Kier alpha value is -0.610. The molecule has 0 aliphatic rings. The van der Waals surface area contributed by atoms with Crippen molar-refractivity contribution in [1.82, 2.24) is 9.97 Å². The molecule has 0 bridgehead atoms. The highest BCUT2D eigenvalue weighted by Gasteiger charge is 1.99. The fourth-order valence-electron chi connectivity index (χ4n) is 0.724. The van der Waals surface area contributed by atoms with Gasteiger partial charge in [0.1, 0.15) is 0 Å². The van der Waals surface area contributed by atoms with E-state index < -0.39 is 0 Å². The Bertz CT molecular complexity index is 252. The molecule has 0 atom stereocenters. The van der Waals surface area contributed by atoms with Crippen LogP contribution in [-0.2, 0) is 6.61 Å². The fourth-order valence-corrected chi connectivity index (χ4v) is 1.11. The molecule has 1 heterocycles. The van der Waals surface area contributed by atoms with E-state index in [9.17, 15) is 0 Å². The van der Waals surface area contributed by atoms with Gasteiger partial charge in [-0.3, -0.25) is 0 Å². The highest BCUT2D eigenvalue weighted by molar-refractivity contribution is 7.98. The van der Waals surface area contributed by atoms with Crippen LogP contribution in [0.1, 0.15) is 11.3 Å². The normalized spacial score (nSPS) is 10.1. The monoisotopic (exact) mass is 170 g/mol. The summed E-state index contributed by atoms with van der Waals surface area (Å²) < 4.78 is 0. The largest absolute Gasteiger partial charge is 0.392 e. The van der Waals surface area contributed by atoms with Gasteiger partial charge in [0.2, 0.25) is 0 Å². The fraction of sp³-hybridized carbons (Fsp3) is 0.429. The van der Waals surface area contributed by atoms with Crippen LogP contribution in [0.5, 0.6) is 0 Å². The maximum absolute atomic E-state index is 8.80. The summed E-state index contributed by atoms with van der Waals surface area (Å²) in [5.74, 6) is 0. The quantitative estimate of drug-likeness (QED) is 0.531. The van der Waals surface area contributed by atoms with Crippen LogP contribution < -0.4 is 0 Å². The van der Waals surface area contributed by atoms with E-state index >= 15 is 0 Å². The van der Waals surface area contributed by atoms with Crippen molar-refractivity contribution < 1.29 is 5.11 Å². The Morgan fingerprint density at radius 2 is 2.36 bits per heavy atom. The summed E-state index contributed by atoms with van der Waals surface area (Å²) in [5, 5.41) is 9.54. The molecule has 1 aromatic heterocycles. The first-order valence-electron chi connectivity index (χ1n) is 3.25. The number of aryl methyl sites for hydroxylation is 1. The van der Waals surface area contributed by atoms with Crippen molar-refractivity contribution in [1.29, 1.82) is 0 Å². The lowest BCUT2D eigenvalue weighted by molar-refractivity contribution is 0.279. The molecule has 1 N–H and O–H groups in total. The standard InChI is InChI=1S/C7H10N2OS/c1-5-6(4-10)3-8-7(9-5)11-2/h3,10H,4H2,1-2H3. The first-order chi connectivity index (χ1) is 5.27. The second-order valence-electron chi connectivity index (χ2n) is 2.13. The Labute approximate surface area is 69.9 Å². The van der Waals surface area contributed by atoms with Crippen molar-refractivity contribution >= 4 is 11.8 Å². The van der Waals surface area contributed by atoms with Crippen LogP contribution in [0.3, 0.4) is 0 Å². The lowest BCUT2D eigenvalue weighted by atomic mass is 10.3. The van der Waals surface area contributed by atoms with Crippen molar-refractivity contribution in [2.45, 2.75) is 18.7 Å². The number of aromatic nitrogens is 2. The molecule has 0 amide bonds. The van der Waals surface area contributed by atoms with E-state index in [1.165, 1.54) is 11.8 Å². The van der Waals surface area contributed by atoms with Crippen molar-refractivity contribution in [3.05, 3.63) is 17.5 Å². The number of hydrogen-bond donors (Lipinski definition) is 1. The maximum Gasteiger partial charge on any atom is 0.187 e. The molecule has 4 heteroatoms. The molecule has 0 aromatic carbocycles. The van der Waals surface area contributed by atoms with Gasteiger partial charge < -0.3 is 5.11 Å². The molecular weight excluding hydrogens is 160 g/mol. The highest BCUT2D eigenvalue weighted by Crippen LogP contribution is 2.10. The predicted octanol–water partition coefficient (Wildman–Crippen LogP) is 0.999. The van der Waals surface area contributed by atoms with Crippen LogP contribution in [0.4, 0.5) is 0 Å². The van der Waals surface area contributed by atoms with Crippen molar-refractivity contribution in [2.24, 2.45) is 0 Å². The summed E-state index contributed by atoms with van der Waals surface area (Å²) in [7, 11) is 0. The zero-order valence-corrected chi connectivity index (χ0v) is 7.35. The lowest BCUT2D eigenvalue weighted by Gasteiger charge is -2.00. The Kier molecular flexibility index (Phi) is 2.84. The molecule has 0 fully saturated rings. The minimum Gasteiger partial charge on any atom is -0.392 e. The van der Waals surface area contributed by atoms with Gasteiger partial charge in [-0.2, -0.15) is 0 Å². The van der Waals surface area contributed by atoms with Gasteiger partial charge in [-0.1, -0.05) is 11.8 Å². The third kappa shape index (κ3) is 1.91. The molecule has 0 saturated heterocycles. The zero-order valence-electron chi connectivity index (χ0n) is 6.53. The van der Waals surface area contributed by atoms with E-state index in [1.807, 2.05) is 13.2 Å². The second-order valence-corrected chi connectivity index (χ2v) is 2.90. The Morgan fingerprint density at radius 1 is 1.64 bits per heavy atom. The topological polar surface area (TPSA) is 46.0 Å². The van der Waals surface area contributed by atoms with Gasteiger partial charge in [0.05, 0.1) is 6.61 Å². The molecule has 0 aliphatic carbocycles. The summed E-state index contributed by atoms with van der Waals surface area (Å²) in [4.78, 5) is 8.18. The molecule has 60 valence electrons. The van der Waals surface area contributed by atoms with E-state index in [4.69, 9.17) is 5.11 Å². The van der Waals surface area contributed by atoms with Crippen LogP contribution in [-0.4, -0.2) is 21.3 Å². The number of nitrogens with zero attached hydrogens (tertiary/aromatic N) is 2. The average molecular weight is 170 g/mol. The molecule has 0 aliphatic heterocycles. The molecule has 1 rings (SSSR count). The molecule has 0 radical (unpaired) electrons. The second kappa shape index (κ2) is 3.69. The minimum absolute atomic E-state index is 0.0144. The Morgan fingerprint density at radius 3 is 2.82 bits per heavy atom. The lowest BCUT2D eigenvalue weighted by Crippen LogP contribution is -1.95. The van der Waals surface area contributed by atoms with E-state index in [1.54, 1.807) is 6.20 Å². The van der Waals surface area contributed by atoms with Gasteiger partial charge in [0.15, 0.2) is 5.16 Å². The molecule has 1 aromatic rings. The maximum atomic E-state index is 8.80.